The molecule has 7 nitrogen and oxygen atoms in total. The number of carbonyl (C=O) groups excluding carboxylic acids is 1. The van der Waals surface area contributed by atoms with Crippen molar-refractivity contribution >= 4 is 16.7 Å². The fourth-order valence-electron chi connectivity index (χ4n) is 4.05. The Morgan fingerprint density at radius 1 is 1.03 bits per heavy atom. The second-order valence-electron chi connectivity index (χ2n) is 8.53. The Kier molecular flexibility index (Phi) is 7.87. The molecule has 0 bridgehead atoms. The average Bonchev–Trinajstić information content (AvgIpc) is 2.87. The lowest BCUT2D eigenvalue weighted by Gasteiger charge is -2.28. The summed E-state index contributed by atoms with van der Waals surface area (Å²) in [4.78, 5) is 23.4. The van der Waals surface area contributed by atoms with Crippen LogP contribution in [0.2, 0.25) is 0 Å². The van der Waals surface area contributed by atoms with Crippen molar-refractivity contribution < 1.29 is 44.8 Å². The van der Waals surface area contributed by atoms with Crippen LogP contribution in [0.4, 0.5) is 26.3 Å². The summed E-state index contributed by atoms with van der Waals surface area (Å²) in [5.74, 6) is -0.684. The fraction of sp³-hybridized carbons (Fsp3) is 0.320. The van der Waals surface area contributed by atoms with E-state index in [2.05, 4.69) is 9.97 Å². The van der Waals surface area contributed by atoms with Crippen LogP contribution in [0.15, 0.2) is 47.6 Å². The van der Waals surface area contributed by atoms with Gasteiger partial charge in [0, 0.05) is 24.9 Å². The van der Waals surface area contributed by atoms with Crippen molar-refractivity contribution in [3.8, 4) is 22.9 Å². The van der Waals surface area contributed by atoms with Gasteiger partial charge in [-0.1, -0.05) is 12.1 Å². The van der Waals surface area contributed by atoms with E-state index in [1.165, 1.54) is 13.4 Å². The summed E-state index contributed by atoms with van der Waals surface area (Å²) in [5.41, 5.74) is -3.19. The van der Waals surface area contributed by atoms with Crippen molar-refractivity contribution in [2.45, 2.75) is 30.5 Å². The quantitative estimate of drug-likeness (QED) is 0.302. The van der Waals surface area contributed by atoms with E-state index in [9.17, 15) is 35.3 Å². The van der Waals surface area contributed by atoms with Crippen LogP contribution >= 0.6 is 0 Å². The third-order valence-electron chi connectivity index (χ3n) is 5.81. The summed E-state index contributed by atoms with van der Waals surface area (Å²) in [6.07, 6.45) is -8.53. The van der Waals surface area contributed by atoms with Crippen molar-refractivity contribution in [1.29, 1.82) is 0 Å². The molecule has 0 spiro atoms. The number of benzene rings is 2. The first-order valence-electron chi connectivity index (χ1n) is 11.4. The van der Waals surface area contributed by atoms with Gasteiger partial charge in [-0.25, -0.2) is 4.98 Å². The normalized spacial score (nSPS) is 15.2. The molecule has 39 heavy (non-hydrogen) atoms. The minimum Gasteiger partial charge on any atom is -0.496 e. The van der Waals surface area contributed by atoms with E-state index in [0.29, 0.717) is 23.4 Å². The van der Waals surface area contributed by atoms with Crippen LogP contribution in [0.5, 0.6) is 11.6 Å². The van der Waals surface area contributed by atoms with E-state index in [4.69, 9.17) is 9.47 Å². The van der Waals surface area contributed by atoms with Gasteiger partial charge in [0.15, 0.2) is 0 Å². The Balaban J connectivity index is 1.86. The zero-order chi connectivity index (χ0) is 28.5. The lowest BCUT2D eigenvalue weighted by atomic mass is 10.0. The SMILES string of the molecule is COc1ccccc1-c1nc(S(C)=O)nc2c1C(=O)N(Cc1cc(C(F)(F)F)cc(C(F)(F)F)c1)CCCO2. The second kappa shape index (κ2) is 10.8. The predicted molar refractivity (Wildman–Crippen MR) is 128 cm³/mol. The van der Waals surface area contributed by atoms with E-state index < -0.39 is 46.7 Å². The minimum atomic E-state index is -5.03. The zero-order valence-electron chi connectivity index (χ0n) is 20.5. The molecule has 1 atom stereocenters. The lowest BCUT2D eigenvalue weighted by Crippen LogP contribution is -2.35. The highest BCUT2D eigenvalue weighted by atomic mass is 32.2. The maximum Gasteiger partial charge on any atom is 0.416 e. The molecule has 1 amide bonds. The summed E-state index contributed by atoms with van der Waals surface area (Å²) in [6.45, 7) is -0.577. The van der Waals surface area contributed by atoms with E-state index in [1.54, 1.807) is 24.3 Å². The smallest absolute Gasteiger partial charge is 0.416 e. The van der Waals surface area contributed by atoms with E-state index in [-0.39, 0.29) is 53.5 Å². The van der Waals surface area contributed by atoms with Gasteiger partial charge in [-0.15, -0.1) is 0 Å². The average molecular weight is 574 g/mol. The topological polar surface area (TPSA) is 81.6 Å². The number of halogens is 6. The number of rotatable bonds is 5. The third kappa shape index (κ3) is 6.15. The largest absolute Gasteiger partial charge is 0.496 e. The van der Waals surface area contributed by atoms with Crippen LogP contribution in [0, 0.1) is 0 Å². The van der Waals surface area contributed by atoms with Gasteiger partial charge >= 0.3 is 12.4 Å². The van der Waals surface area contributed by atoms with Crippen molar-refractivity contribution in [2.75, 3.05) is 26.5 Å². The minimum absolute atomic E-state index is 0.000396. The third-order valence-corrected chi connectivity index (χ3v) is 6.50. The van der Waals surface area contributed by atoms with Gasteiger partial charge in [0.2, 0.25) is 11.0 Å². The van der Waals surface area contributed by atoms with E-state index >= 15 is 0 Å². The lowest BCUT2D eigenvalue weighted by molar-refractivity contribution is -0.143. The molecule has 1 unspecified atom stereocenters. The van der Waals surface area contributed by atoms with Gasteiger partial charge in [0.25, 0.3) is 5.91 Å². The molecule has 2 heterocycles. The van der Waals surface area contributed by atoms with Gasteiger partial charge in [0.05, 0.1) is 41.3 Å². The molecule has 0 aliphatic carbocycles. The number of nitrogens with zero attached hydrogens (tertiary/aromatic N) is 3. The summed E-state index contributed by atoms with van der Waals surface area (Å²) in [7, 11) is -0.297. The van der Waals surface area contributed by atoms with Crippen molar-refractivity contribution in [3.05, 3.63) is 64.7 Å². The molecule has 0 saturated carbocycles. The predicted octanol–water partition coefficient (Wildman–Crippen LogP) is 5.35. The molecule has 208 valence electrons. The Bertz CT molecular complexity index is 1400. The van der Waals surface area contributed by atoms with Crippen LogP contribution in [-0.4, -0.2) is 51.5 Å². The van der Waals surface area contributed by atoms with Crippen LogP contribution in [0.25, 0.3) is 11.3 Å². The summed E-state index contributed by atoms with van der Waals surface area (Å²) >= 11 is 0. The number of carbonyl (C=O) groups is 1. The standard InChI is InChI=1S/C25H21F6N3O4S/c1-37-18-7-4-3-6-17(18)20-19-21(33-23(32-20)39(2)36)38-9-5-8-34(22(19)35)13-14-10-15(24(26,27)28)12-16(11-14)25(29,30)31/h3-4,6-7,10-12H,5,8-9,13H2,1-2H3. The molecule has 1 aliphatic rings. The number of fused-ring (bicyclic) bond motifs is 1. The molecular formula is C25H21F6N3O4S. The van der Waals surface area contributed by atoms with Crippen molar-refractivity contribution in [1.82, 2.24) is 14.9 Å². The van der Waals surface area contributed by atoms with Crippen LogP contribution in [-0.2, 0) is 29.7 Å². The van der Waals surface area contributed by atoms with Gasteiger partial charge in [-0.3, -0.25) is 9.00 Å². The maximum atomic E-state index is 13.8. The highest BCUT2D eigenvalue weighted by Crippen LogP contribution is 2.38. The molecule has 3 aromatic rings. The number of methoxy groups -OCH3 is 1. The number of amides is 1. The van der Waals surface area contributed by atoms with E-state index in [1.807, 2.05) is 0 Å². The zero-order valence-corrected chi connectivity index (χ0v) is 21.3. The Labute approximate surface area is 221 Å². The number of ether oxygens (including phenoxy) is 2. The second-order valence-corrected chi connectivity index (χ2v) is 9.81. The molecule has 1 aromatic heterocycles. The van der Waals surface area contributed by atoms with Crippen molar-refractivity contribution in [2.24, 2.45) is 0 Å². The molecule has 2 aromatic carbocycles. The number of hydrogen-bond donors (Lipinski definition) is 0. The van der Waals surface area contributed by atoms with Crippen LogP contribution in [0.1, 0.15) is 33.5 Å². The molecule has 1 aliphatic heterocycles. The molecule has 0 N–H and O–H groups in total. The number of hydrogen-bond acceptors (Lipinski definition) is 6. The number of para-hydroxylation sites is 1. The Hall–Kier alpha value is -3.68. The molecule has 0 radical (unpaired) electrons. The summed E-state index contributed by atoms with van der Waals surface area (Å²) < 4.78 is 104. The molecule has 0 saturated heterocycles. The highest BCUT2D eigenvalue weighted by Gasteiger charge is 2.38. The first-order valence-corrected chi connectivity index (χ1v) is 12.9. The van der Waals surface area contributed by atoms with Gasteiger partial charge in [0.1, 0.15) is 11.3 Å². The van der Waals surface area contributed by atoms with Crippen LogP contribution < -0.4 is 9.47 Å². The first kappa shape index (κ1) is 28.3. The molecule has 14 heteroatoms. The highest BCUT2D eigenvalue weighted by molar-refractivity contribution is 7.84. The monoisotopic (exact) mass is 573 g/mol. The van der Waals surface area contributed by atoms with Gasteiger partial charge in [-0.05, 0) is 42.3 Å². The Morgan fingerprint density at radius 2 is 1.67 bits per heavy atom. The number of alkyl halides is 6. The van der Waals surface area contributed by atoms with Crippen LogP contribution in [0.3, 0.4) is 0 Å². The maximum absolute atomic E-state index is 13.8. The molecule has 4 rings (SSSR count). The Morgan fingerprint density at radius 3 is 2.26 bits per heavy atom. The summed E-state index contributed by atoms with van der Waals surface area (Å²) in [6, 6.07) is 7.69. The molecule has 0 fully saturated rings. The number of aromatic nitrogens is 2. The molecular weight excluding hydrogens is 552 g/mol. The van der Waals surface area contributed by atoms with Crippen molar-refractivity contribution in [3.63, 3.8) is 0 Å². The van der Waals surface area contributed by atoms with Gasteiger partial charge < -0.3 is 14.4 Å². The summed E-state index contributed by atoms with van der Waals surface area (Å²) in [5, 5.41) is -0.137. The van der Waals surface area contributed by atoms with Gasteiger partial charge in [-0.2, -0.15) is 31.3 Å². The first-order chi connectivity index (χ1) is 18.3. The fourth-order valence-corrected chi connectivity index (χ4v) is 4.48. The van der Waals surface area contributed by atoms with E-state index in [0.717, 1.165) is 4.90 Å².